The van der Waals surface area contributed by atoms with Crippen LogP contribution < -0.4 is 4.74 Å². The second-order valence-electron chi connectivity index (χ2n) is 8.37. The van der Waals surface area contributed by atoms with Gasteiger partial charge in [0.2, 0.25) is 0 Å². The average Bonchev–Trinajstić information content (AvgIpc) is 3.01. The highest BCUT2D eigenvalue weighted by atomic mass is 16.5. The van der Waals surface area contributed by atoms with E-state index in [0.717, 1.165) is 35.3 Å². The Morgan fingerprint density at radius 1 is 1.16 bits per heavy atom. The van der Waals surface area contributed by atoms with E-state index in [2.05, 4.69) is 0 Å². The topological polar surface area (TPSA) is 66.8 Å². The molecule has 0 aliphatic carbocycles. The predicted molar refractivity (Wildman–Crippen MR) is 122 cm³/mol. The van der Waals surface area contributed by atoms with Crippen molar-refractivity contribution in [2.75, 3.05) is 13.7 Å². The van der Waals surface area contributed by atoms with Gasteiger partial charge in [-0.15, -0.1) is 0 Å². The van der Waals surface area contributed by atoms with Crippen LogP contribution in [0.3, 0.4) is 0 Å². The zero-order chi connectivity index (χ0) is 22.7. The fourth-order valence-electron chi connectivity index (χ4n) is 4.11. The van der Waals surface area contributed by atoms with Crippen LogP contribution in [0.1, 0.15) is 67.8 Å². The van der Waals surface area contributed by atoms with Gasteiger partial charge in [-0.05, 0) is 48.6 Å². The smallest absolute Gasteiger partial charge is 0.295 e. The number of hydrogen-bond donors (Lipinski definition) is 1. The van der Waals surface area contributed by atoms with Crippen LogP contribution in [0.2, 0.25) is 0 Å². The summed E-state index contributed by atoms with van der Waals surface area (Å²) >= 11 is 0. The van der Waals surface area contributed by atoms with Gasteiger partial charge in [-0.25, -0.2) is 0 Å². The SMILES string of the molecule is CCCCN1C(=O)C(=O)/C(=C(\O)c2ccc(OC)c(C(C)C)c2)C1c1cccc(C)c1. The number of ether oxygens (including phenoxy) is 1. The van der Waals surface area contributed by atoms with Crippen LogP contribution >= 0.6 is 0 Å². The lowest BCUT2D eigenvalue weighted by Crippen LogP contribution is -2.30. The lowest BCUT2D eigenvalue weighted by Gasteiger charge is -2.25. The molecule has 1 heterocycles. The van der Waals surface area contributed by atoms with E-state index in [1.165, 1.54) is 0 Å². The van der Waals surface area contributed by atoms with Crippen molar-refractivity contribution in [3.63, 3.8) is 0 Å². The molecule has 1 fully saturated rings. The number of aliphatic hydroxyl groups is 1. The van der Waals surface area contributed by atoms with Crippen molar-refractivity contribution in [1.29, 1.82) is 0 Å². The van der Waals surface area contributed by atoms with Crippen LogP contribution in [0.4, 0.5) is 0 Å². The number of aryl methyl sites for hydroxylation is 1. The van der Waals surface area contributed by atoms with Crippen molar-refractivity contribution in [1.82, 2.24) is 4.90 Å². The van der Waals surface area contributed by atoms with Gasteiger partial charge in [0, 0.05) is 12.1 Å². The van der Waals surface area contributed by atoms with Crippen molar-refractivity contribution >= 4 is 17.4 Å². The number of aliphatic hydroxyl groups excluding tert-OH is 1. The summed E-state index contributed by atoms with van der Waals surface area (Å²) in [4.78, 5) is 27.6. The minimum absolute atomic E-state index is 0.145. The monoisotopic (exact) mass is 421 g/mol. The first-order chi connectivity index (χ1) is 14.8. The van der Waals surface area contributed by atoms with Crippen molar-refractivity contribution in [3.8, 4) is 5.75 Å². The van der Waals surface area contributed by atoms with Gasteiger partial charge in [-0.3, -0.25) is 9.59 Å². The number of nitrogens with zero attached hydrogens (tertiary/aromatic N) is 1. The number of hydrogen-bond acceptors (Lipinski definition) is 4. The molecular formula is C26H31NO4. The van der Waals surface area contributed by atoms with E-state index in [9.17, 15) is 14.7 Å². The molecule has 5 nitrogen and oxygen atoms in total. The van der Waals surface area contributed by atoms with Gasteiger partial charge in [0.15, 0.2) is 0 Å². The van der Waals surface area contributed by atoms with Gasteiger partial charge in [0.25, 0.3) is 11.7 Å². The molecule has 0 aromatic heterocycles. The van der Waals surface area contributed by atoms with Gasteiger partial charge in [-0.2, -0.15) is 0 Å². The highest BCUT2D eigenvalue weighted by molar-refractivity contribution is 6.46. The van der Waals surface area contributed by atoms with Gasteiger partial charge < -0.3 is 14.7 Å². The van der Waals surface area contributed by atoms with E-state index < -0.39 is 17.7 Å². The van der Waals surface area contributed by atoms with Gasteiger partial charge in [0.1, 0.15) is 11.5 Å². The number of ketones is 1. The molecule has 1 unspecified atom stereocenters. The van der Waals surface area contributed by atoms with E-state index in [1.54, 1.807) is 24.1 Å². The Morgan fingerprint density at radius 2 is 1.90 bits per heavy atom. The van der Waals surface area contributed by atoms with Crippen LogP contribution in [0.15, 0.2) is 48.0 Å². The lowest BCUT2D eigenvalue weighted by molar-refractivity contribution is -0.139. The van der Waals surface area contributed by atoms with Gasteiger partial charge in [0.05, 0.1) is 18.7 Å². The van der Waals surface area contributed by atoms with Gasteiger partial charge in [-0.1, -0.05) is 57.0 Å². The molecule has 0 spiro atoms. The Bertz CT molecular complexity index is 1020. The minimum Gasteiger partial charge on any atom is -0.507 e. The number of Topliss-reactive ketones (excluding diaryl/α,β-unsaturated/α-hetero) is 1. The largest absolute Gasteiger partial charge is 0.507 e. The maximum absolute atomic E-state index is 13.1. The number of carbonyl (C=O) groups excluding carboxylic acids is 2. The summed E-state index contributed by atoms with van der Waals surface area (Å²) in [5.74, 6) is -0.443. The molecule has 1 N–H and O–H groups in total. The Balaban J connectivity index is 2.19. The molecule has 2 aromatic carbocycles. The number of methoxy groups -OCH3 is 1. The number of benzene rings is 2. The molecule has 0 saturated carbocycles. The molecule has 0 bridgehead atoms. The number of amides is 1. The number of rotatable bonds is 7. The maximum atomic E-state index is 13.1. The maximum Gasteiger partial charge on any atom is 0.295 e. The third-order valence-corrected chi connectivity index (χ3v) is 5.78. The molecule has 3 rings (SSSR count). The highest BCUT2D eigenvalue weighted by Crippen LogP contribution is 2.40. The van der Waals surface area contributed by atoms with E-state index in [0.29, 0.717) is 12.1 Å². The quantitative estimate of drug-likeness (QED) is 0.372. The minimum atomic E-state index is -0.637. The summed E-state index contributed by atoms with van der Waals surface area (Å²) in [6, 6.07) is 12.5. The van der Waals surface area contributed by atoms with Crippen LogP contribution in [0, 0.1) is 6.92 Å². The van der Waals surface area contributed by atoms with Crippen LogP contribution in [-0.4, -0.2) is 35.4 Å². The predicted octanol–water partition coefficient (Wildman–Crippen LogP) is 5.35. The second-order valence-corrected chi connectivity index (χ2v) is 8.37. The van der Waals surface area contributed by atoms with E-state index in [-0.39, 0.29) is 17.3 Å². The fourth-order valence-corrected chi connectivity index (χ4v) is 4.11. The number of likely N-dealkylation sites (tertiary alicyclic amines) is 1. The molecular weight excluding hydrogens is 390 g/mol. The van der Waals surface area contributed by atoms with Crippen molar-refractivity contribution in [2.45, 2.75) is 52.5 Å². The van der Waals surface area contributed by atoms with Crippen LogP contribution in [0.25, 0.3) is 5.76 Å². The Kier molecular flexibility index (Phi) is 6.84. The molecule has 1 saturated heterocycles. The Hall–Kier alpha value is -3.08. The molecule has 0 radical (unpaired) electrons. The first-order valence-electron chi connectivity index (χ1n) is 10.8. The van der Waals surface area contributed by atoms with Gasteiger partial charge >= 0.3 is 0 Å². The summed E-state index contributed by atoms with van der Waals surface area (Å²) in [5, 5.41) is 11.3. The molecule has 164 valence electrons. The van der Waals surface area contributed by atoms with E-state index >= 15 is 0 Å². The molecule has 31 heavy (non-hydrogen) atoms. The third-order valence-electron chi connectivity index (χ3n) is 5.78. The highest BCUT2D eigenvalue weighted by Gasteiger charge is 2.45. The summed E-state index contributed by atoms with van der Waals surface area (Å²) in [6.07, 6.45) is 1.69. The zero-order valence-corrected chi connectivity index (χ0v) is 18.9. The van der Waals surface area contributed by atoms with E-state index in [4.69, 9.17) is 4.74 Å². The summed E-state index contributed by atoms with van der Waals surface area (Å²) in [6.45, 7) is 8.57. The summed E-state index contributed by atoms with van der Waals surface area (Å²) < 4.78 is 5.44. The van der Waals surface area contributed by atoms with Crippen LogP contribution in [0.5, 0.6) is 5.75 Å². The third kappa shape index (κ3) is 4.36. The summed E-state index contributed by atoms with van der Waals surface area (Å²) in [7, 11) is 1.61. The number of carbonyl (C=O) groups is 2. The van der Waals surface area contributed by atoms with Crippen molar-refractivity contribution < 1.29 is 19.4 Å². The normalized spacial score (nSPS) is 18.1. The Morgan fingerprint density at radius 3 is 2.52 bits per heavy atom. The molecule has 1 atom stereocenters. The standard InChI is InChI=1S/C26H31NO4/c1-6-7-13-27-23(18-10-8-9-17(4)14-18)22(25(29)26(27)30)24(28)19-11-12-21(31-5)20(15-19)16(2)3/h8-12,14-16,23,28H,6-7,13H2,1-5H3/b24-22-. The molecule has 2 aromatic rings. The second kappa shape index (κ2) is 9.38. The molecule has 1 aliphatic heterocycles. The summed E-state index contributed by atoms with van der Waals surface area (Å²) in [5.41, 5.74) is 3.45. The molecule has 1 amide bonds. The molecule has 5 heteroatoms. The van der Waals surface area contributed by atoms with Crippen molar-refractivity contribution in [2.24, 2.45) is 0 Å². The average molecular weight is 422 g/mol. The Labute approximate surface area is 184 Å². The lowest BCUT2D eigenvalue weighted by atomic mass is 9.92. The number of unbranched alkanes of at least 4 members (excludes halogenated alkanes) is 1. The zero-order valence-electron chi connectivity index (χ0n) is 18.9. The van der Waals surface area contributed by atoms with E-state index in [1.807, 2.05) is 58.0 Å². The fraction of sp³-hybridized carbons (Fsp3) is 0.385. The van der Waals surface area contributed by atoms with Crippen LogP contribution in [-0.2, 0) is 9.59 Å². The molecule has 1 aliphatic rings. The first kappa shape index (κ1) is 22.6. The first-order valence-corrected chi connectivity index (χ1v) is 10.8. The van der Waals surface area contributed by atoms with Crippen molar-refractivity contribution in [3.05, 3.63) is 70.3 Å².